The van der Waals surface area contributed by atoms with E-state index in [9.17, 15) is 0 Å². The zero-order valence-electron chi connectivity index (χ0n) is 17.3. The summed E-state index contributed by atoms with van der Waals surface area (Å²) >= 11 is 0. The van der Waals surface area contributed by atoms with Crippen LogP contribution in [0.2, 0.25) is 0 Å². The zero-order valence-corrected chi connectivity index (χ0v) is 17.3. The maximum Gasteiger partial charge on any atom is 0.0107 e. The Bertz CT molecular complexity index is 267. The molecule has 0 amide bonds. The summed E-state index contributed by atoms with van der Waals surface area (Å²) < 4.78 is 0. The first-order chi connectivity index (χ1) is 11.6. The highest BCUT2D eigenvalue weighted by molar-refractivity contribution is 4.95. The highest BCUT2D eigenvalue weighted by Gasteiger charge is 2.12. The van der Waals surface area contributed by atoms with E-state index in [1.807, 2.05) is 0 Å². The second-order valence-electron chi connectivity index (χ2n) is 8.33. The molecule has 1 nitrogen and oxygen atoms in total. The first-order valence-corrected chi connectivity index (χ1v) is 11.0. The van der Waals surface area contributed by atoms with Gasteiger partial charge in [-0.05, 0) is 11.8 Å². The van der Waals surface area contributed by atoms with Crippen molar-refractivity contribution in [1.82, 2.24) is 0 Å². The van der Waals surface area contributed by atoms with Crippen molar-refractivity contribution in [3.05, 3.63) is 12.2 Å². The van der Waals surface area contributed by atoms with Gasteiger partial charge in [-0.25, -0.2) is 0 Å². The van der Waals surface area contributed by atoms with Gasteiger partial charge in [0.25, 0.3) is 0 Å². The lowest BCUT2D eigenvalue weighted by atomic mass is 9.86. The Kier molecular flexibility index (Phi) is 17.3. The van der Waals surface area contributed by atoms with Crippen LogP contribution in [0, 0.1) is 5.41 Å². The highest BCUT2D eigenvalue weighted by atomic mass is 14.5. The number of rotatable bonds is 18. The summed E-state index contributed by atoms with van der Waals surface area (Å²) in [4.78, 5) is 0. The minimum atomic E-state index is 0.329. The van der Waals surface area contributed by atoms with Crippen molar-refractivity contribution in [1.29, 1.82) is 0 Å². The molecule has 0 radical (unpaired) electrons. The molecule has 0 aromatic rings. The molecule has 0 bridgehead atoms. The van der Waals surface area contributed by atoms with E-state index in [2.05, 4.69) is 32.9 Å². The third-order valence-electron chi connectivity index (χ3n) is 5.13. The maximum atomic E-state index is 5.53. The lowest BCUT2D eigenvalue weighted by molar-refractivity contribution is 0.406. The molecule has 24 heavy (non-hydrogen) atoms. The SMILES string of the molecule is CCCCCCCCCCCCCCCCCC(C)(C)C=CCN. The third-order valence-corrected chi connectivity index (χ3v) is 5.13. The van der Waals surface area contributed by atoms with Crippen molar-refractivity contribution >= 4 is 0 Å². The predicted molar refractivity (Wildman–Crippen MR) is 112 cm³/mol. The van der Waals surface area contributed by atoms with E-state index >= 15 is 0 Å². The van der Waals surface area contributed by atoms with Crippen LogP contribution < -0.4 is 5.73 Å². The van der Waals surface area contributed by atoms with Crippen molar-refractivity contribution in [2.24, 2.45) is 11.1 Å². The van der Waals surface area contributed by atoms with Crippen LogP contribution in [0.1, 0.15) is 124 Å². The number of nitrogens with two attached hydrogens (primary N) is 1. The van der Waals surface area contributed by atoms with Crippen LogP contribution in [-0.4, -0.2) is 6.54 Å². The molecule has 0 saturated carbocycles. The van der Waals surface area contributed by atoms with Crippen LogP contribution >= 0.6 is 0 Å². The van der Waals surface area contributed by atoms with Gasteiger partial charge in [0.05, 0.1) is 0 Å². The van der Waals surface area contributed by atoms with E-state index in [1.165, 1.54) is 103 Å². The summed E-state index contributed by atoms with van der Waals surface area (Å²) in [5.41, 5.74) is 5.86. The molecule has 0 saturated heterocycles. The smallest absolute Gasteiger partial charge is 0.0107 e. The van der Waals surface area contributed by atoms with Gasteiger partial charge in [-0.2, -0.15) is 0 Å². The number of hydrogen-bond donors (Lipinski definition) is 1. The predicted octanol–water partition coefficient (Wildman–Crippen LogP) is 7.79. The Morgan fingerprint density at radius 1 is 0.625 bits per heavy atom. The largest absolute Gasteiger partial charge is 0.327 e. The Labute approximate surface area is 153 Å². The van der Waals surface area contributed by atoms with Crippen molar-refractivity contribution in [2.75, 3.05) is 6.54 Å². The van der Waals surface area contributed by atoms with Gasteiger partial charge in [0.1, 0.15) is 0 Å². The van der Waals surface area contributed by atoms with E-state index in [0.29, 0.717) is 12.0 Å². The van der Waals surface area contributed by atoms with Gasteiger partial charge in [0, 0.05) is 6.54 Å². The molecule has 1 heteroatoms. The van der Waals surface area contributed by atoms with Crippen molar-refractivity contribution in [2.45, 2.75) is 124 Å². The normalized spacial score (nSPS) is 12.3. The average molecular weight is 338 g/mol. The quantitative estimate of drug-likeness (QED) is 0.200. The van der Waals surface area contributed by atoms with E-state index in [-0.39, 0.29) is 0 Å². The second kappa shape index (κ2) is 17.5. The molecular weight excluding hydrogens is 290 g/mol. The molecule has 0 spiro atoms. The first-order valence-electron chi connectivity index (χ1n) is 11.0. The lowest BCUT2D eigenvalue weighted by Crippen LogP contribution is -2.08. The summed E-state index contributed by atoms with van der Waals surface area (Å²) in [6.07, 6.45) is 27.3. The van der Waals surface area contributed by atoms with Crippen LogP contribution in [0.25, 0.3) is 0 Å². The maximum absolute atomic E-state index is 5.53. The summed E-state index contributed by atoms with van der Waals surface area (Å²) in [6.45, 7) is 7.61. The molecular formula is C23H47N. The van der Waals surface area contributed by atoms with Crippen molar-refractivity contribution < 1.29 is 0 Å². The molecule has 0 aromatic heterocycles. The minimum Gasteiger partial charge on any atom is -0.327 e. The number of hydrogen-bond acceptors (Lipinski definition) is 1. The molecule has 0 aliphatic rings. The van der Waals surface area contributed by atoms with Gasteiger partial charge in [0.15, 0.2) is 0 Å². The van der Waals surface area contributed by atoms with Gasteiger partial charge < -0.3 is 5.73 Å². The molecule has 0 atom stereocenters. The van der Waals surface area contributed by atoms with Crippen molar-refractivity contribution in [3.63, 3.8) is 0 Å². The first kappa shape index (κ1) is 23.7. The van der Waals surface area contributed by atoms with Crippen LogP contribution in [0.15, 0.2) is 12.2 Å². The van der Waals surface area contributed by atoms with E-state index < -0.39 is 0 Å². The molecule has 0 fully saturated rings. The zero-order chi connectivity index (χ0) is 17.9. The van der Waals surface area contributed by atoms with Crippen LogP contribution in [0.4, 0.5) is 0 Å². The molecule has 0 aliphatic heterocycles. The number of unbranched alkanes of at least 4 members (excludes halogenated alkanes) is 14. The van der Waals surface area contributed by atoms with Crippen LogP contribution in [0.5, 0.6) is 0 Å². The van der Waals surface area contributed by atoms with Gasteiger partial charge in [-0.3, -0.25) is 0 Å². The molecule has 0 aromatic carbocycles. The fraction of sp³-hybridized carbons (Fsp3) is 0.913. The van der Waals surface area contributed by atoms with Crippen LogP contribution in [0.3, 0.4) is 0 Å². The van der Waals surface area contributed by atoms with Crippen molar-refractivity contribution in [3.8, 4) is 0 Å². The van der Waals surface area contributed by atoms with Gasteiger partial charge in [0.2, 0.25) is 0 Å². The van der Waals surface area contributed by atoms with E-state index in [4.69, 9.17) is 5.73 Å². The standard InChI is InChI=1S/C23H47N/c1-4-5-6-7-8-9-10-11-12-13-14-15-16-17-18-20-23(2,3)21-19-22-24/h19,21H,4-18,20,22,24H2,1-3H3. The summed E-state index contributed by atoms with van der Waals surface area (Å²) in [6, 6.07) is 0. The summed E-state index contributed by atoms with van der Waals surface area (Å²) in [5.74, 6) is 0. The number of allylic oxidation sites excluding steroid dienone is 1. The molecule has 144 valence electrons. The highest BCUT2D eigenvalue weighted by Crippen LogP contribution is 2.25. The van der Waals surface area contributed by atoms with Crippen LogP contribution in [-0.2, 0) is 0 Å². The second-order valence-corrected chi connectivity index (χ2v) is 8.33. The summed E-state index contributed by atoms with van der Waals surface area (Å²) in [5, 5.41) is 0. The molecule has 2 N–H and O–H groups in total. The molecule has 0 unspecified atom stereocenters. The topological polar surface area (TPSA) is 26.0 Å². The monoisotopic (exact) mass is 337 g/mol. The van der Waals surface area contributed by atoms with E-state index in [1.54, 1.807) is 0 Å². The Morgan fingerprint density at radius 3 is 1.38 bits per heavy atom. The third kappa shape index (κ3) is 18.0. The minimum absolute atomic E-state index is 0.329. The molecule has 0 aliphatic carbocycles. The molecule has 0 rings (SSSR count). The Balaban J connectivity index is 3.19. The summed E-state index contributed by atoms with van der Waals surface area (Å²) in [7, 11) is 0. The van der Waals surface area contributed by atoms with Gasteiger partial charge >= 0.3 is 0 Å². The molecule has 0 heterocycles. The van der Waals surface area contributed by atoms with E-state index in [0.717, 1.165) is 0 Å². The van der Waals surface area contributed by atoms with Gasteiger partial charge in [-0.1, -0.05) is 129 Å². The van der Waals surface area contributed by atoms with Gasteiger partial charge in [-0.15, -0.1) is 0 Å². The Morgan fingerprint density at radius 2 is 1.00 bits per heavy atom. The fourth-order valence-electron chi connectivity index (χ4n) is 3.42. The lowest BCUT2D eigenvalue weighted by Gasteiger charge is -2.19. The Hall–Kier alpha value is -0.300. The fourth-order valence-corrected chi connectivity index (χ4v) is 3.42. The average Bonchev–Trinajstić information content (AvgIpc) is 2.56.